The standard InChI is InChI=1S/C16H16N2O4/c19-15(18-8-4-7-13(18)16(20)21)10-12-9-14(22-17-12)11-5-2-1-3-6-11/h1-3,5-6,9,13H,4,7-8,10H2,(H,20,21). The average Bonchev–Trinajstić information content (AvgIpc) is 3.17. The predicted molar refractivity (Wildman–Crippen MR) is 78.0 cm³/mol. The molecule has 2 aromatic rings. The molecule has 0 aliphatic carbocycles. The van der Waals surface area contributed by atoms with E-state index in [1.54, 1.807) is 6.07 Å². The molecule has 0 bridgehead atoms. The predicted octanol–water partition coefficient (Wildman–Crippen LogP) is 1.96. The molecule has 3 rings (SSSR count). The molecular weight excluding hydrogens is 284 g/mol. The number of carbonyl (C=O) groups excluding carboxylic acids is 1. The molecule has 1 aliphatic rings. The first-order chi connectivity index (χ1) is 10.6. The van der Waals surface area contributed by atoms with Crippen molar-refractivity contribution in [2.24, 2.45) is 0 Å². The van der Waals surface area contributed by atoms with Gasteiger partial charge in [0.05, 0.1) is 12.1 Å². The fraction of sp³-hybridized carbons (Fsp3) is 0.312. The van der Waals surface area contributed by atoms with Crippen molar-refractivity contribution in [3.63, 3.8) is 0 Å². The number of carbonyl (C=O) groups is 2. The van der Waals surface area contributed by atoms with Crippen LogP contribution in [0.5, 0.6) is 0 Å². The number of carboxylic acids is 1. The van der Waals surface area contributed by atoms with E-state index in [9.17, 15) is 9.59 Å². The Kier molecular flexibility index (Phi) is 3.91. The van der Waals surface area contributed by atoms with Gasteiger partial charge in [-0.15, -0.1) is 0 Å². The van der Waals surface area contributed by atoms with Gasteiger partial charge < -0.3 is 14.5 Å². The largest absolute Gasteiger partial charge is 0.480 e. The second kappa shape index (κ2) is 6.01. The zero-order chi connectivity index (χ0) is 15.5. The van der Waals surface area contributed by atoms with Crippen LogP contribution >= 0.6 is 0 Å². The van der Waals surface area contributed by atoms with Crippen molar-refractivity contribution in [2.45, 2.75) is 25.3 Å². The molecule has 6 heteroatoms. The molecule has 1 atom stereocenters. The fourth-order valence-electron chi connectivity index (χ4n) is 2.71. The summed E-state index contributed by atoms with van der Waals surface area (Å²) >= 11 is 0. The van der Waals surface area contributed by atoms with Crippen LogP contribution in [0.1, 0.15) is 18.5 Å². The molecular formula is C16H16N2O4. The highest BCUT2D eigenvalue weighted by Gasteiger charge is 2.34. The van der Waals surface area contributed by atoms with Crippen LogP contribution in [0.2, 0.25) is 0 Å². The lowest BCUT2D eigenvalue weighted by atomic mass is 10.1. The van der Waals surface area contributed by atoms with Gasteiger partial charge in [0.1, 0.15) is 6.04 Å². The van der Waals surface area contributed by atoms with E-state index < -0.39 is 12.0 Å². The monoisotopic (exact) mass is 300 g/mol. The number of likely N-dealkylation sites (tertiary alicyclic amines) is 1. The van der Waals surface area contributed by atoms with Crippen LogP contribution in [0.25, 0.3) is 11.3 Å². The van der Waals surface area contributed by atoms with Crippen LogP contribution in [-0.2, 0) is 16.0 Å². The number of rotatable bonds is 4. The number of carboxylic acid groups (broad SMARTS) is 1. The molecule has 0 radical (unpaired) electrons. The van der Waals surface area contributed by atoms with E-state index in [4.69, 9.17) is 9.63 Å². The highest BCUT2D eigenvalue weighted by atomic mass is 16.5. The molecule has 1 aromatic heterocycles. The summed E-state index contributed by atoms with van der Waals surface area (Å²) in [5, 5.41) is 13.0. The Hall–Kier alpha value is -2.63. The number of benzene rings is 1. The molecule has 6 nitrogen and oxygen atoms in total. The number of aromatic nitrogens is 1. The Bertz CT molecular complexity index is 680. The molecule has 0 saturated carbocycles. The topological polar surface area (TPSA) is 83.6 Å². The van der Waals surface area contributed by atoms with Gasteiger partial charge in [-0.05, 0) is 12.8 Å². The molecule has 1 unspecified atom stereocenters. The lowest BCUT2D eigenvalue weighted by molar-refractivity contribution is -0.148. The number of nitrogens with zero attached hydrogens (tertiary/aromatic N) is 2. The molecule has 1 saturated heterocycles. The van der Waals surface area contributed by atoms with E-state index in [1.165, 1.54) is 4.90 Å². The van der Waals surface area contributed by atoms with Crippen molar-refractivity contribution < 1.29 is 19.2 Å². The van der Waals surface area contributed by atoms with Crippen molar-refractivity contribution in [1.29, 1.82) is 0 Å². The summed E-state index contributed by atoms with van der Waals surface area (Å²) in [6, 6.07) is 10.5. The lowest BCUT2D eigenvalue weighted by Gasteiger charge is -2.20. The smallest absolute Gasteiger partial charge is 0.326 e. The Labute approximate surface area is 127 Å². The first-order valence-corrected chi connectivity index (χ1v) is 7.18. The third kappa shape index (κ3) is 2.86. The van der Waals surface area contributed by atoms with Crippen LogP contribution in [-0.4, -0.2) is 39.6 Å². The van der Waals surface area contributed by atoms with Crippen molar-refractivity contribution >= 4 is 11.9 Å². The van der Waals surface area contributed by atoms with Gasteiger partial charge in [0.25, 0.3) is 0 Å². The number of hydrogen-bond donors (Lipinski definition) is 1. The second-order valence-corrected chi connectivity index (χ2v) is 5.31. The molecule has 1 aromatic carbocycles. The fourth-order valence-corrected chi connectivity index (χ4v) is 2.71. The third-order valence-corrected chi connectivity index (χ3v) is 3.81. The third-order valence-electron chi connectivity index (χ3n) is 3.81. The van der Waals surface area contributed by atoms with Crippen molar-refractivity contribution in [3.05, 3.63) is 42.1 Å². The normalized spacial score (nSPS) is 17.6. The minimum atomic E-state index is -0.948. The van der Waals surface area contributed by atoms with Crippen LogP contribution in [0, 0.1) is 0 Å². The SMILES string of the molecule is O=C(O)C1CCCN1C(=O)Cc1cc(-c2ccccc2)on1. The zero-order valence-corrected chi connectivity index (χ0v) is 11.9. The van der Waals surface area contributed by atoms with E-state index >= 15 is 0 Å². The highest BCUT2D eigenvalue weighted by Crippen LogP contribution is 2.22. The maximum atomic E-state index is 12.3. The summed E-state index contributed by atoms with van der Waals surface area (Å²) in [6.07, 6.45) is 1.28. The van der Waals surface area contributed by atoms with E-state index in [-0.39, 0.29) is 12.3 Å². The molecule has 2 heterocycles. The van der Waals surface area contributed by atoms with Gasteiger partial charge in [0.15, 0.2) is 5.76 Å². The molecule has 1 amide bonds. The zero-order valence-electron chi connectivity index (χ0n) is 11.9. The highest BCUT2D eigenvalue weighted by molar-refractivity contribution is 5.85. The quantitative estimate of drug-likeness (QED) is 0.933. The molecule has 114 valence electrons. The van der Waals surface area contributed by atoms with Gasteiger partial charge in [-0.3, -0.25) is 4.79 Å². The van der Waals surface area contributed by atoms with Crippen LogP contribution in [0.4, 0.5) is 0 Å². The maximum Gasteiger partial charge on any atom is 0.326 e. The van der Waals surface area contributed by atoms with Crippen molar-refractivity contribution in [1.82, 2.24) is 10.1 Å². The number of aliphatic carboxylic acids is 1. The first kappa shape index (κ1) is 14.3. The van der Waals surface area contributed by atoms with Gasteiger partial charge in [-0.1, -0.05) is 35.5 Å². The van der Waals surface area contributed by atoms with Crippen LogP contribution in [0.15, 0.2) is 40.9 Å². The maximum absolute atomic E-state index is 12.3. The van der Waals surface area contributed by atoms with Crippen molar-refractivity contribution in [2.75, 3.05) is 6.54 Å². The Morgan fingerprint density at radius 1 is 1.32 bits per heavy atom. The number of hydrogen-bond acceptors (Lipinski definition) is 4. The Morgan fingerprint density at radius 2 is 2.09 bits per heavy atom. The molecule has 22 heavy (non-hydrogen) atoms. The lowest BCUT2D eigenvalue weighted by Crippen LogP contribution is -2.41. The van der Waals surface area contributed by atoms with E-state index in [0.29, 0.717) is 24.4 Å². The summed E-state index contributed by atoms with van der Waals surface area (Å²) < 4.78 is 5.25. The molecule has 1 fully saturated rings. The molecule has 0 spiro atoms. The van der Waals surface area contributed by atoms with Gasteiger partial charge in [-0.25, -0.2) is 4.79 Å². The van der Waals surface area contributed by atoms with E-state index in [0.717, 1.165) is 12.0 Å². The van der Waals surface area contributed by atoms with Crippen LogP contribution in [0.3, 0.4) is 0 Å². The first-order valence-electron chi connectivity index (χ1n) is 7.18. The van der Waals surface area contributed by atoms with Gasteiger partial charge in [-0.2, -0.15) is 0 Å². The summed E-state index contributed by atoms with van der Waals surface area (Å²) in [4.78, 5) is 24.8. The van der Waals surface area contributed by atoms with Crippen molar-refractivity contribution in [3.8, 4) is 11.3 Å². The summed E-state index contributed by atoms with van der Waals surface area (Å²) in [6.45, 7) is 0.485. The van der Waals surface area contributed by atoms with E-state index in [2.05, 4.69) is 5.16 Å². The minimum absolute atomic E-state index is 0.0557. The Balaban J connectivity index is 1.70. The Morgan fingerprint density at radius 3 is 2.82 bits per heavy atom. The minimum Gasteiger partial charge on any atom is -0.480 e. The second-order valence-electron chi connectivity index (χ2n) is 5.31. The summed E-state index contributed by atoms with van der Waals surface area (Å²) in [5.74, 6) is -0.576. The summed E-state index contributed by atoms with van der Waals surface area (Å²) in [5.41, 5.74) is 1.40. The van der Waals surface area contributed by atoms with Gasteiger partial charge in [0.2, 0.25) is 5.91 Å². The summed E-state index contributed by atoms with van der Waals surface area (Å²) in [7, 11) is 0. The molecule has 1 aliphatic heterocycles. The van der Waals surface area contributed by atoms with Crippen LogP contribution < -0.4 is 0 Å². The average molecular weight is 300 g/mol. The number of amides is 1. The van der Waals surface area contributed by atoms with Gasteiger partial charge >= 0.3 is 5.97 Å². The molecule has 1 N–H and O–H groups in total. The van der Waals surface area contributed by atoms with E-state index in [1.807, 2.05) is 30.3 Å². The van der Waals surface area contributed by atoms with Gasteiger partial charge in [0, 0.05) is 18.2 Å².